The first-order valence-electron chi connectivity index (χ1n) is 16.7. The minimum atomic E-state index is -0.190. The minimum absolute atomic E-state index is 0.0801. The van der Waals surface area contributed by atoms with Gasteiger partial charge in [-0.1, -0.05) is 142 Å². The summed E-state index contributed by atoms with van der Waals surface area (Å²) in [5.41, 5.74) is 2.88. The second-order valence-corrected chi connectivity index (χ2v) is 11.4. The van der Waals surface area contributed by atoms with Crippen LogP contribution in [0.3, 0.4) is 0 Å². The van der Waals surface area contributed by atoms with Crippen LogP contribution in [0.5, 0.6) is 0 Å². The molecular weight excluding hydrogens is 484 g/mol. The SMILES string of the molecule is C=C=CC(C(=O)OCC)C(CCCCCCCC)CCCCCCCCCCCCCCCCCC(=O)OC. The summed E-state index contributed by atoms with van der Waals surface area (Å²) in [6.07, 6.45) is 31.6. The first-order valence-corrected chi connectivity index (χ1v) is 16.7. The van der Waals surface area contributed by atoms with E-state index in [9.17, 15) is 9.59 Å². The Kier molecular flexibility index (Phi) is 28.3. The van der Waals surface area contributed by atoms with E-state index in [1.54, 1.807) is 0 Å². The Labute approximate surface area is 242 Å². The van der Waals surface area contributed by atoms with Crippen LogP contribution >= 0.6 is 0 Å². The maximum Gasteiger partial charge on any atom is 0.313 e. The van der Waals surface area contributed by atoms with Gasteiger partial charge in [-0.3, -0.25) is 9.59 Å². The topological polar surface area (TPSA) is 52.6 Å². The lowest BCUT2D eigenvalue weighted by atomic mass is 9.83. The van der Waals surface area contributed by atoms with Crippen molar-refractivity contribution in [2.45, 2.75) is 168 Å². The van der Waals surface area contributed by atoms with E-state index in [-0.39, 0.29) is 17.9 Å². The fraction of sp³-hybridized carbons (Fsp3) is 0.857. The second-order valence-electron chi connectivity index (χ2n) is 11.4. The molecule has 0 aliphatic rings. The average molecular weight is 549 g/mol. The summed E-state index contributed by atoms with van der Waals surface area (Å²) in [5.74, 6) is -0.0159. The molecule has 0 aromatic carbocycles. The monoisotopic (exact) mass is 548 g/mol. The Bertz CT molecular complexity index is 608. The summed E-state index contributed by atoms with van der Waals surface area (Å²) in [6.45, 7) is 8.32. The van der Waals surface area contributed by atoms with Crippen molar-refractivity contribution >= 4 is 11.9 Å². The van der Waals surface area contributed by atoms with Gasteiger partial charge in [0.15, 0.2) is 0 Å². The van der Waals surface area contributed by atoms with Gasteiger partial charge in [-0.2, -0.15) is 0 Å². The van der Waals surface area contributed by atoms with Crippen molar-refractivity contribution in [3.63, 3.8) is 0 Å². The molecule has 39 heavy (non-hydrogen) atoms. The van der Waals surface area contributed by atoms with E-state index in [0.29, 0.717) is 18.9 Å². The van der Waals surface area contributed by atoms with Crippen LogP contribution in [0.1, 0.15) is 168 Å². The molecule has 0 aliphatic heterocycles. The Morgan fingerprint density at radius 2 is 1.08 bits per heavy atom. The Hall–Kier alpha value is -1.54. The molecule has 0 spiro atoms. The van der Waals surface area contributed by atoms with E-state index in [4.69, 9.17) is 4.74 Å². The third-order valence-corrected chi connectivity index (χ3v) is 7.98. The van der Waals surface area contributed by atoms with Gasteiger partial charge < -0.3 is 9.47 Å². The zero-order valence-electron chi connectivity index (χ0n) is 26.2. The molecule has 0 aromatic rings. The standard InChI is InChI=1S/C35H64O4/c1-5-8-9-10-22-25-29-32(33(28-6-2)35(37)39-7-3)30-26-23-20-18-16-14-12-11-13-15-17-19-21-24-27-31-34(36)38-4/h28,32-33H,2,5,7-27,29-31H2,1,3-4H3. The van der Waals surface area contributed by atoms with E-state index in [1.165, 1.54) is 129 Å². The fourth-order valence-electron chi connectivity index (χ4n) is 5.53. The highest BCUT2D eigenvalue weighted by molar-refractivity contribution is 5.74. The van der Waals surface area contributed by atoms with Crippen molar-refractivity contribution in [1.29, 1.82) is 0 Å². The quantitative estimate of drug-likeness (QED) is 0.0530. The molecule has 0 radical (unpaired) electrons. The van der Waals surface area contributed by atoms with Crippen molar-refractivity contribution < 1.29 is 19.1 Å². The van der Waals surface area contributed by atoms with Gasteiger partial charge in [0.1, 0.15) is 0 Å². The molecule has 4 nitrogen and oxygen atoms in total. The maximum absolute atomic E-state index is 12.6. The second kappa shape index (κ2) is 29.4. The van der Waals surface area contributed by atoms with Crippen LogP contribution in [-0.4, -0.2) is 25.7 Å². The van der Waals surface area contributed by atoms with Gasteiger partial charge in [0.05, 0.1) is 19.6 Å². The predicted molar refractivity (Wildman–Crippen MR) is 166 cm³/mol. The van der Waals surface area contributed by atoms with Crippen molar-refractivity contribution in [3.05, 3.63) is 18.4 Å². The Morgan fingerprint density at radius 3 is 1.46 bits per heavy atom. The summed E-state index contributed by atoms with van der Waals surface area (Å²) in [4.78, 5) is 23.7. The van der Waals surface area contributed by atoms with Crippen LogP contribution in [0.15, 0.2) is 18.4 Å². The molecule has 0 aromatic heterocycles. The summed E-state index contributed by atoms with van der Waals surface area (Å²) in [7, 11) is 1.46. The van der Waals surface area contributed by atoms with E-state index in [1.807, 2.05) is 13.0 Å². The number of carbonyl (C=O) groups excluding carboxylic acids is 2. The van der Waals surface area contributed by atoms with Gasteiger partial charge >= 0.3 is 11.9 Å². The average Bonchev–Trinajstić information content (AvgIpc) is 2.94. The zero-order valence-corrected chi connectivity index (χ0v) is 26.2. The molecule has 2 unspecified atom stereocenters. The van der Waals surface area contributed by atoms with Crippen molar-refractivity contribution in [3.8, 4) is 0 Å². The number of unbranched alkanes of at least 4 members (excludes halogenated alkanes) is 19. The van der Waals surface area contributed by atoms with Crippen LogP contribution in [0.2, 0.25) is 0 Å². The highest BCUT2D eigenvalue weighted by Crippen LogP contribution is 2.28. The predicted octanol–water partition coefficient (Wildman–Crippen LogP) is 10.7. The Balaban J connectivity index is 3.93. The summed E-state index contributed by atoms with van der Waals surface area (Å²) in [6, 6.07) is 0. The summed E-state index contributed by atoms with van der Waals surface area (Å²) in [5, 5.41) is 0. The molecule has 0 amide bonds. The first-order chi connectivity index (χ1) is 19.1. The molecule has 0 heterocycles. The van der Waals surface area contributed by atoms with Crippen LogP contribution < -0.4 is 0 Å². The molecule has 0 saturated carbocycles. The molecule has 0 N–H and O–H groups in total. The first kappa shape index (κ1) is 37.5. The van der Waals surface area contributed by atoms with Crippen LogP contribution in [0.25, 0.3) is 0 Å². The van der Waals surface area contributed by atoms with Crippen LogP contribution in [0.4, 0.5) is 0 Å². The number of hydrogen-bond donors (Lipinski definition) is 0. The maximum atomic E-state index is 12.6. The highest BCUT2D eigenvalue weighted by atomic mass is 16.5. The van der Waals surface area contributed by atoms with Crippen LogP contribution in [-0.2, 0) is 19.1 Å². The Morgan fingerprint density at radius 1 is 0.667 bits per heavy atom. The van der Waals surface area contributed by atoms with E-state index in [0.717, 1.165) is 25.7 Å². The smallest absolute Gasteiger partial charge is 0.313 e. The number of methoxy groups -OCH3 is 1. The lowest BCUT2D eigenvalue weighted by molar-refractivity contribution is -0.148. The lowest BCUT2D eigenvalue weighted by Crippen LogP contribution is -2.24. The third-order valence-electron chi connectivity index (χ3n) is 7.98. The summed E-state index contributed by atoms with van der Waals surface area (Å²) < 4.78 is 10.1. The number of rotatable bonds is 29. The molecule has 2 atom stereocenters. The normalized spacial score (nSPS) is 12.5. The van der Waals surface area contributed by atoms with Crippen molar-refractivity contribution in [2.24, 2.45) is 11.8 Å². The van der Waals surface area contributed by atoms with E-state index < -0.39 is 0 Å². The van der Waals surface area contributed by atoms with Crippen molar-refractivity contribution in [1.82, 2.24) is 0 Å². The molecule has 4 heteroatoms. The van der Waals surface area contributed by atoms with Gasteiger partial charge in [0.25, 0.3) is 0 Å². The van der Waals surface area contributed by atoms with Gasteiger partial charge in [-0.05, 0) is 38.2 Å². The van der Waals surface area contributed by atoms with Gasteiger partial charge in [0, 0.05) is 6.42 Å². The number of hydrogen-bond acceptors (Lipinski definition) is 4. The van der Waals surface area contributed by atoms with Gasteiger partial charge in [0.2, 0.25) is 0 Å². The lowest BCUT2D eigenvalue weighted by Gasteiger charge is -2.23. The third kappa shape index (κ3) is 24.0. The van der Waals surface area contributed by atoms with E-state index >= 15 is 0 Å². The number of ether oxygens (including phenoxy) is 2. The van der Waals surface area contributed by atoms with Gasteiger partial charge in [-0.15, -0.1) is 5.73 Å². The molecule has 0 fully saturated rings. The molecule has 228 valence electrons. The summed E-state index contributed by atoms with van der Waals surface area (Å²) >= 11 is 0. The zero-order chi connectivity index (χ0) is 28.8. The molecule has 0 bridgehead atoms. The van der Waals surface area contributed by atoms with Crippen molar-refractivity contribution in [2.75, 3.05) is 13.7 Å². The molecular formula is C35H64O4. The van der Waals surface area contributed by atoms with Gasteiger partial charge in [-0.25, -0.2) is 0 Å². The molecule has 0 rings (SSSR count). The highest BCUT2D eigenvalue weighted by Gasteiger charge is 2.26. The number of carbonyl (C=O) groups is 2. The largest absolute Gasteiger partial charge is 0.469 e. The van der Waals surface area contributed by atoms with Crippen LogP contribution in [0, 0.1) is 11.8 Å². The van der Waals surface area contributed by atoms with E-state index in [2.05, 4.69) is 24.0 Å². The fourth-order valence-corrected chi connectivity index (χ4v) is 5.53. The number of esters is 2. The molecule has 0 saturated heterocycles. The molecule has 0 aliphatic carbocycles. The minimum Gasteiger partial charge on any atom is -0.469 e.